The van der Waals surface area contributed by atoms with Crippen LogP contribution in [0, 0.1) is 0 Å². The molecule has 0 aromatic carbocycles. The minimum Gasteiger partial charge on any atom is -0.462 e. The maximum Gasteiger partial charge on any atom is 0.319 e. The zero-order valence-electron chi connectivity index (χ0n) is 9.12. The van der Waals surface area contributed by atoms with E-state index < -0.39 is 0 Å². The van der Waals surface area contributed by atoms with Gasteiger partial charge >= 0.3 is 5.97 Å². The lowest BCUT2D eigenvalue weighted by Crippen LogP contribution is -2.27. The van der Waals surface area contributed by atoms with Crippen LogP contribution in [0.3, 0.4) is 0 Å². The summed E-state index contributed by atoms with van der Waals surface area (Å²) in [4.78, 5) is 11.6. The first-order chi connectivity index (χ1) is 6.77. The molecular weight excluding hydrogens is 196 g/mol. The summed E-state index contributed by atoms with van der Waals surface area (Å²) in [5, 5.41) is 0.0388. The van der Waals surface area contributed by atoms with Gasteiger partial charge in [0.2, 0.25) is 0 Å². The topological polar surface area (TPSA) is 26.3 Å². The molecule has 1 aliphatic rings. The van der Waals surface area contributed by atoms with Crippen molar-refractivity contribution in [2.45, 2.75) is 56.8 Å². The quantitative estimate of drug-likeness (QED) is 0.676. The third-order valence-corrected chi connectivity index (χ3v) is 3.85. The summed E-state index contributed by atoms with van der Waals surface area (Å²) in [5.41, 5.74) is 0. The molecule has 0 saturated heterocycles. The van der Waals surface area contributed by atoms with Crippen LogP contribution in [-0.4, -0.2) is 23.6 Å². The predicted octanol–water partition coefficient (Wildman–Crippen LogP) is 3.00. The van der Waals surface area contributed by atoms with Crippen molar-refractivity contribution in [2.24, 2.45) is 0 Å². The lowest BCUT2D eigenvalue weighted by atomic mass is 9.98. The molecule has 0 amide bonds. The first-order valence-electron chi connectivity index (χ1n) is 5.51. The molecule has 1 rings (SSSR count). The van der Waals surface area contributed by atoms with Crippen LogP contribution < -0.4 is 0 Å². The molecule has 1 atom stereocenters. The number of carbonyl (C=O) groups excluding carboxylic acids is 1. The summed E-state index contributed by atoms with van der Waals surface area (Å²) in [6.07, 6.45) is 8.91. The van der Waals surface area contributed by atoms with Crippen LogP contribution >= 0.6 is 11.8 Å². The predicted molar refractivity (Wildman–Crippen MR) is 60.6 cm³/mol. The Hall–Kier alpha value is -0.180. The molecule has 1 aliphatic carbocycles. The van der Waals surface area contributed by atoms with Gasteiger partial charge in [-0.15, -0.1) is 0 Å². The molecule has 82 valence electrons. The molecule has 1 fully saturated rings. The number of rotatable bonds is 4. The molecule has 14 heavy (non-hydrogen) atoms. The number of esters is 1. The number of hydrogen-bond donors (Lipinski definition) is 0. The molecule has 0 spiro atoms. The maximum absolute atomic E-state index is 11.6. The van der Waals surface area contributed by atoms with Crippen molar-refractivity contribution in [2.75, 3.05) is 6.26 Å². The fraction of sp³-hybridized carbons (Fsp3) is 0.909. The van der Waals surface area contributed by atoms with Gasteiger partial charge in [-0.25, -0.2) is 0 Å². The van der Waals surface area contributed by atoms with Crippen molar-refractivity contribution in [1.82, 2.24) is 0 Å². The van der Waals surface area contributed by atoms with E-state index in [4.69, 9.17) is 4.74 Å². The smallest absolute Gasteiger partial charge is 0.319 e. The molecule has 2 nitrogen and oxygen atoms in total. The van der Waals surface area contributed by atoms with E-state index >= 15 is 0 Å². The standard InChI is InChI=1S/C11H20O2S/c1-3-10(14-2)11(12)13-9-7-5-4-6-8-9/h9-10H,3-8H2,1-2H3. The van der Waals surface area contributed by atoms with Gasteiger partial charge in [-0.1, -0.05) is 13.3 Å². The summed E-state index contributed by atoms with van der Waals surface area (Å²) in [5.74, 6) is -0.00750. The molecule has 1 unspecified atom stereocenters. The summed E-state index contributed by atoms with van der Waals surface area (Å²) >= 11 is 1.59. The molecule has 3 heteroatoms. The molecule has 0 aromatic heterocycles. The van der Waals surface area contributed by atoms with Crippen LogP contribution in [0.5, 0.6) is 0 Å². The number of ether oxygens (including phenoxy) is 1. The van der Waals surface area contributed by atoms with Gasteiger partial charge in [-0.3, -0.25) is 4.79 Å². The number of carbonyl (C=O) groups is 1. The van der Waals surface area contributed by atoms with E-state index in [-0.39, 0.29) is 17.3 Å². The van der Waals surface area contributed by atoms with Gasteiger partial charge in [0.1, 0.15) is 11.4 Å². The van der Waals surface area contributed by atoms with Gasteiger partial charge in [0, 0.05) is 0 Å². The number of thioether (sulfide) groups is 1. The van der Waals surface area contributed by atoms with Crippen LogP contribution in [0.2, 0.25) is 0 Å². The Labute approximate surface area is 90.8 Å². The van der Waals surface area contributed by atoms with Crippen LogP contribution in [0.4, 0.5) is 0 Å². The Kier molecular flexibility index (Phi) is 5.38. The Morgan fingerprint density at radius 2 is 2.07 bits per heavy atom. The molecule has 1 saturated carbocycles. The molecule has 0 radical (unpaired) electrons. The number of hydrogen-bond acceptors (Lipinski definition) is 3. The van der Waals surface area contributed by atoms with Crippen molar-refractivity contribution in [3.63, 3.8) is 0 Å². The highest BCUT2D eigenvalue weighted by atomic mass is 32.2. The largest absolute Gasteiger partial charge is 0.462 e. The first-order valence-corrected chi connectivity index (χ1v) is 6.80. The van der Waals surface area contributed by atoms with Gasteiger partial charge < -0.3 is 4.74 Å². The normalized spacial score (nSPS) is 20.4. The zero-order chi connectivity index (χ0) is 10.4. The van der Waals surface area contributed by atoms with Crippen molar-refractivity contribution in [1.29, 1.82) is 0 Å². The third-order valence-electron chi connectivity index (χ3n) is 2.75. The van der Waals surface area contributed by atoms with Crippen molar-refractivity contribution in [3.05, 3.63) is 0 Å². The Bertz CT molecular complexity index is 172. The highest BCUT2D eigenvalue weighted by Gasteiger charge is 2.22. The highest BCUT2D eigenvalue weighted by molar-refractivity contribution is 7.99. The van der Waals surface area contributed by atoms with Crippen molar-refractivity contribution < 1.29 is 9.53 Å². The van der Waals surface area contributed by atoms with Gasteiger partial charge in [-0.2, -0.15) is 11.8 Å². The van der Waals surface area contributed by atoms with Crippen LogP contribution in [-0.2, 0) is 9.53 Å². The Morgan fingerprint density at radius 3 is 2.57 bits per heavy atom. The summed E-state index contributed by atoms with van der Waals surface area (Å²) in [7, 11) is 0. The average Bonchev–Trinajstić information content (AvgIpc) is 2.21. The van der Waals surface area contributed by atoms with Crippen molar-refractivity contribution in [3.8, 4) is 0 Å². The maximum atomic E-state index is 11.6. The zero-order valence-corrected chi connectivity index (χ0v) is 9.94. The highest BCUT2D eigenvalue weighted by Crippen LogP contribution is 2.22. The molecule has 0 N–H and O–H groups in total. The summed E-state index contributed by atoms with van der Waals surface area (Å²) in [6.45, 7) is 2.03. The lowest BCUT2D eigenvalue weighted by molar-refractivity contribution is -0.149. The minimum absolute atomic E-state index is 0.00750. The lowest BCUT2D eigenvalue weighted by Gasteiger charge is -2.23. The van der Waals surface area contributed by atoms with Gasteiger partial charge in [0.25, 0.3) is 0 Å². The van der Waals surface area contributed by atoms with Crippen LogP contribution in [0.1, 0.15) is 45.4 Å². The molecular formula is C11H20O2S. The SMILES string of the molecule is CCC(SC)C(=O)OC1CCCCC1. The minimum atomic E-state index is -0.00750. The van der Waals surface area contributed by atoms with E-state index in [9.17, 15) is 4.79 Å². The van der Waals surface area contributed by atoms with Crippen LogP contribution in [0.25, 0.3) is 0 Å². The molecule has 0 heterocycles. The summed E-state index contributed by atoms with van der Waals surface area (Å²) < 4.78 is 5.48. The second kappa shape index (κ2) is 6.33. The second-order valence-corrected chi connectivity index (χ2v) is 4.87. The fourth-order valence-electron chi connectivity index (χ4n) is 1.85. The molecule has 0 bridgehead atoms. The Morgan fingerprint density at radius 1 is 1.43 bits per heavy atom. The van der Waals surface area contributed by atoms with E-state index in [2.05, 4.69) is 0 Å². The van der Waals surface area contributed by atoms with Gasteiger partial charge in [0.05, 0.1) is 0 Å². The monoisotopic (exact) mass is 216 g/mol. The first kappa shape index (κ1) is 11.9. The average molecular weight is 216 g/mol. The van der Waals surface area contributed by atoms with Crippen LogP contribution in [0.15, 0.2) is 0 Å². The Balaban J connectivity index is 2.30. The van der Waals surface area contributed by atoms with E-state index in [1.807, 2.05) is 13.2 Å². The molecule has 0 aromatic rings. The summed E-state index contributed by atoms with van der Waals surface area (Å²) in [6, 6.07) is 0. The third kappa shape index (κ3) is 3.52. The van der Waals surface area contributed by atoms with Crippen molar-refractivity contribution >= 4 is 17.7 Å². The van der Waals surface area contributed by atoms with E-state index in [0.29, 0.717) is 0 Å². The van der Waals surface area contributed by atoms with E-state index in [1.54, 1.807) is 11.8 Å². The fourth-order valence-corrected chi connectivity index (χ4v) is 2.43. The van der Waals surface area contributed by atoms with Gasteiger partial charge in [-0.05, 0) is 38.4 Å². The second-order valence-electron chi connectivity index (χ2n) is 3.83. The molecule has 0 aliphatic heterocycles. The van der Waals surface area contributed by atoms with Gasteiger partial charge in [0.15, 0.2) is 0 Å². The van der Waals surface area contributed by atoms with E-state index in [0.717, 1.165) is 19.3 Å². The van der Waals surface area contributed by atoms with E-state index in [1.165, 1.54) is 19.3 Å².